The third-order valence-corrected chi connectivity index (χ3v) is 6.51. The summed E-state index contributed by atoms with van der Waals surface area (Å²) in [6, 6.07) is 21.5. The van der Waals surface area contributed by atoms with E-state index < -0.39 is 0 Å². The fourth-order valence-corrected chi connectivity index (χ4v) is 4.79. The first kappa shape index (κ1) is 24.8. The van der Waals surface area contributed by atoms with Gasteiger partial charge in [-0.25, -0.2) is 0 Å². The van der Waals surface area contributed by atoms with Gasteiger partial charge in [-0.3, -0.25) is 14.5 Å². The van der Waals surface area contributed by atoms with Crippen LogP contribution >= 0.6 is 35.6 Å². The van der Waals surface area contributed by atoms with Crippen molar-refractivity contribution in [3.05, 3.63) is 88.3 Å². The summed E-state index contributed by atoms with van der Waals surface area (Å²) in [4.78, 5) is 27.3. The Morgan fingerprint density at radius 3 is 2.54 bits per heavy atom. The fourth-order valence-electron chi connectivity index (χ4n) is 3.31. The molecule has 178 valence electrons. The number of amides is 2. The van der Waals surface area contributed by atoms with E-state index in [0.717, 1.165) is 11.3 Å². The molecule has 1 aliphatic rings. The zero-order chi connectivity index (χ0) is 24.8. The van der Waals surface area contributed by atoms with Crippen LogP contribution in [0.15, 0.2) is 77.7 Å². The van der Waals surface area contributed by atoms with Crippen LogP contribution < -0.4 is 19.7 Å². The van der Waals surface area contributed by atoms with Gasteiger partial charge in [-0.15, -0.1) is 0 Å². The van der Waals surface area contributed by atoms with Crippen LogP contribution in [-0.2, 0) is 9.59 Å². The lowest BCUT2D eigenvalue weighted by atomic mass is 10.1. The van der Waals surface area contributed by atoms with Gasteiger partial charge in [0.1, 0.15) is 0 Å². The minimum absolute atomic E-state index is 0.180. The maximum absolute atomic E-state index is 13.0. The molecule has 0 atom stereocenters. The molecule has 3 aromatic rings. The Hall–Kier alpha value is -3.33. The number of ether oxygens (including phenoxy) is 2. The number of carbonyl (C=O) groups excluding carboxylic acids is 2. The van der Waals surface area contributed by atoms with E-state index in [4.69, 9.17) is 33.3 Å². The van der Waals surface area contributed by atoms with Crippen molar-refractivity contribution < 1.29 is 19.1 Å². The van der Waals surface area contributed by atoms with Crippen molar-refractivity contribution in [1.82, 2.24) is 0 Å². The Kier molecular flexibility index (Phi) is 8.07. The van der Waals surface area contributed by atoms with Gasteiger partial charge in [0, 0.05) is 0 Å². The number of halogens is 1. The lowest BCUT2D eigenvalue weighted by molar-refractivity contribution is -0.118. The van der Waals surface area contributed by atoms with Gasteiger partial charge in [-0.2, -0.15) is 0 Å². The quantitative estimate of drug-likeness (QED) is 0.281. The zero-order valence-corrected chi connectivity index (χ0v) is 21.1. The molecule has 1 saturated heterocycles. The molecular formula is C26H21ClN2O4S2. The molecule has 0 saturated carbocycles. The summed E-state index contributed by atoms with van der Waals surface area (Å²) in [5.41, 5.74) is 1.98. The number of para-hydroxylation sites is 2. The van der Waals surface area contributed by atoms with E-state index in [2.05, 4.69) is 5.32 Å². The second-order valence-corrected chi connectivity index (χ2v) is 9.39. The lowest BCUT2D eigenvalue weighted by Crippen LogP contribution is -2.27. The topological polar surface area (TPSA) is 67.9 Å². The second kappa shape index (κ2) is 11.4. The number of rotatable bonds is 8. The van der Waals surface area contributed by atoms with E-state index in [0.29, 0.717) is 38.0 Å². The molecule has 0 spiro atoms. The summed E-state index contributed by atoms with van der Waals surface area (Å²) < 4.78 is 11.9. The summed E-state index contributed by atoms with van der Waals surface area (Å²) in [7, 11) is 0. The molecule has 0 aromatic heterocycles. The number of hydrogen-bond donors (Lipinski definition) is 1. The Balaban J connectivity index is 1.48. The van der Waals surface area contributed by atoms with Crippen LogP contribution in [-0.4, -0.2) is 29.3 Å². The van der Waals surface area contributed by atoms with Crippen molar-refractivity contribution in [1.29, 1.82) is 0 Å². The van der Waals surface area contributed by atoms with Crippen LogP contribution in [0.1, 0.15) is 12.5 Å². The molecule has 0 aliphatic carbocycles. The number of nitrogens with one attached hydrogen (secondary N) is 1. The predicted octanol–water partition coefficient (Wildman–Crippen LogP) is 6.16. The molecule has 0 unspecified atom stereocenters. The average Bonchev–Trinajstić information content (AvgIpc) is 3.13. The van der Waals surface area contributed by atoms with Crippen LogP contribution in [0, 0.1) is 0 Å². The van der Waals surface area contributed by atoms with Crippen molar-refractivity contribution in [2.24, 2.45) is 0 Å². The van der Waals surface area contributed by atoms with Crippen molar-refractivity contribution in [3.8, 4) is 11.5 Å². The van der Waals surface area contributed by atoms with Crippen molar-refractivity contribution in [2.75, 3.05) is 23.4 Å². The minimum Gasteiger partial charge on any atom is -0.490 e. The first-order valence-corrected chi connectivity index (χ1v) is 12.3. The number of anilines is 2. The number of nitrogens with zero attached hydrogens (tertiary/aromatic N) is 1. The van der Waals surface area contributed by atoms with Gasteiger partial charge in [0.25, 0.3) is 11.8 Å². The molecule has 9 heteroatoms. The van der Waals surface area contributed by atoms with Crippen LogP contribution in [0.25, 0.3) is 6.08 Å². The van der Waals surface area contributed by atoms with E-state index in [1.54, 1.807) is 48.5 Å². The van der Waals surface area contributed by atoms with E-state index in [1.807, 2.05) is 37.3 Å². The highest BCUT2D eigenvalue weighted by molar-refractivity contribution is 8.27. The molecule has 1 heterocycles. The molecular weight excluding hydrogens is 504 g/mol. The second-order valence-electron chi connectivity index (χ2n) is 7.31. The molecule has 1 N–H and O–H groups in total. The van der Waals surface area contributed by atoms with Gasteiger partial charge < -0.3 is 14.8 Å². The first-order valence-electron chi connectivity index (χ1n) is 10.7. The third kappa shape index (κ3) is 6.03. The Labute approximate surface area is 217 Å². The maximum atomic E-state index is 13.0. The molecule has 3 aromatic carbocycles. The highest BCUT2D eigenvalue weighted by Gasteiger charge is 2.33. The van der Waals surface area contributed by atoms with Crippen LogP contribution in [0.2, 0.25) is 5.02 Å². The maximum Gasteiger partial charge on any atom is 0.270 e. The first-order chi connectivity index (χ1) is 17.0. The summed E-state index contributed by atoms with van der Waals surface area (Å²) in [5, 5.41) is 3.16. The van der Waals surface area contributed by atoms with Crippen molar-refractivity contribution >= 4 is 69.2 Å². The van der Waals surface area contributed by atoms with Crippen molar-refractivity contribution in [3.63, 3.8) is 0 Å². The number of hydrogen-bond acceptors (Lipinski definition) is 6. The lowest BCUT2D eigenvalue weighted by Gasteiger charge is -2.14. The smallest absolute Gasteiger partial charge is 0.270 e. The zero-order valence-electron chi connectivity index (χ0n) is 18.7. The largest absolute Gasteiger partial charge is 0.490 e. The average molecular weight is 525 g/mol. The normalized spacial score (nSPS) is 14.3. The van der Waals surface area contributed by atoms with E-state index in [-0.39, 0.29) is 18.4 Å². The number of thiocarbonyl (C=S) groups is 1. The summed E-state index contributed by atoms with van der Waals surface area (Å²) in [5.74, 6) is 0.343. The fraction of sp³-hybridized carbons (Fsp3) is 0.115. The van der Waals surface area contributed by atoms with E-state index in [9.17, 15) is 9.59 Å². The van der Waals surface area contributed by atoms with Crippen LogP contribution in [0.5, 0.6) is 11.5 Å². The van der Waals surface area contributed by atoms with E-state index >= 15 is 0 Å². The minimum atomic E-state index is -0.353. The van der Waals surface area contributed by atoms with Crippen molar-refractivity contribution in [2.45, 2.75) is 6.92 Å². The Morgan fingerprint density at radius 2 is 1.80 bits per heavy atom. The van der Waals surface area contributed by atoms with Crippen LogP contribution in [0.4, 0.5) is 11.4 Å². The number of benzene rings is 3. The molecule has 1 aliphatic heterocycles. The Bertz CT molecular complexity index is 1300. The van der Waals surface area contributed by atoms with Gasteiger partial charge in [0.05, 0.1) is 27.9 Å². The van der Waals surface area contributed by atoms with Gasteiger partial charge in [0.2, 0.25) is 0 Å². The SMILES string of the molecule is CCOc1cc(/C=C2\SC(=S)N(c3ccccc3)C2=O)ccc1OCC(=O)Nc1ccccc1Cl. The molecule has 4 rings (SSSR count). The van der Waals surface area contributed by atoms with Gasteiger partial charge in [0.15, 0.2) is 22.4 Å². The molecule has 6 nitrogen and oxygen atoms in total. The summed E-state index contributed by atoms with van der Waals surface area (Å²) >= 11 is 12.8. The highest BCUT2D eigenvalue weighted by Crippen LogP contribution is 2.37. The van der Waals surface area contributed by atoms with Gasteiger partial charge in [-0.1, -0.05) is 72.0 Å². The molecule has 35 heavy (non-hydrogen) atoms. The Morgan fingerprint density at radius 1 is 1.06 bits per heavy atom. The molecule has 1 fully saturated rings. The molecule has 0 bridgehead atoms. The monoisotopic (exact) mass is 524 g/mol. The number of thioether (sulfide) groups is 1. The number of carbonyl (C=O) groups is 2. The summed E-state index contributed by atoms with van der Waals surface area (Å²) in [6.45, 7) is 2.04. The molecule has 0 radical (unpaired) electrons. The predicted molar refractivity (Wildman–Crippen MR) is 145 cm³/mol. The third-order valence-electron chi connectivity index (χ3n) is 4.88. The van der Waals surface area contributed by atoms with Gasteiger partial charge in [-0.05, 0) is 55.0 Å². The van der Waals surface area contributed by atoms with E-state index in [1.165, 1.54) is 16.7 Å². The van der Waals surface area contributed by atoms with Gasteiger partial charge >= 0.3 is 0 Å². The summed E-state index contributed by atoms with van der Waals surface area (Å²) in [6.07, 6.45) is 1.76. The standard InChI is InChI=1S/C26H21ClN2O4S2/c1-2-32-22-14-17(15-23-25(31)29(26(34)35-23)18-8-4-3-5-9-18)12-13-21(22)33-16-24(30)28-20-11-7-6-10-19(20)27/h3-15H,2,16H2,1H3,(H,28,30)/b23-15-. The molecule has 2 amide bonds. The highest BCUT2D eigenvalue weighted by atomic mass is 35.5. The van der Waals surface area contributed by atoms with Crippen LogP contribution in [0.3, 0.4) is 0 Å².